The number of fused-ring (bicyclic) bond motifs is 1. The predicted octanol–water partition coefficient (Wildman–Crippen LogP) is 3.54. The number of benzene rings is 2. The van der Waals surface area contributed by atoms with Gasteiger partial charge in [0.15, 0.2) is 11.5 Å². The van der Waals surface area contributed by atoms with Crippen LogP contribution in [0.2, 0.25) is 0 Å². The Hall–Kier alpha value is -3.48. The Morgan fingerprint density at radius 2 is 1.77 bits per heavy atom. The molecule has 1 heterocycles. The van der Waals surface area contributed by atoms with Crippen molar-refractivity contribution in [3.05, 3.63) is 63.9 Å². The van der Waals surface area contributed by atoms with Gasteiger partial charge in [-0.15, -0.1) is 0 Å². The van der Waals surface area contributed by atoms with E-state index >= 15 is 0 Å². The largest absolute Gasteiger partial charge is 0.497 e. The van der Waals surface area contributed by atoms with E-state index in [4.69, 9.17) is 14.2 Å². The maximum Gasteiger partial charge on any atom is 0.257 e. The Morgan fingerprint density at radius 3 is 2.40 bits per heavy atom. The molecule has 0 bridgehead atoms. The number of nitrogens with one attached hydrogen (secondary N) is 1. The van der Waals surface area contributed by atoms with E-state index in [0.717, 1.165) is 11.1 Å². The number of nitrogens with zero attached hydrogens (tertiary/aromatic N) is 1. The van der Waals surface area contributed by atoms with Gasteiger partial charge in [0.05, 0.1) is 38.3 Å². The molecule has 0 aliphatic carbocycles. The first-order valence-electron chi connectivity index (χ1n) is 9.67. The van der Waals surface area contributed by atoms with E-state index in [9.17, 15) is 9.59 Å². The van der Waals surface area contributed by atoms with Crippen molar-refractivity contribution in [1.29, 1.82) is 0 Å². The summed E-state index contributed by atoms with van der Waals surface area (Å²) >= 11 is 0. The van der Waals surface area contributed by atoms with Crippen LogP contribution < -0.4 is 25.0 Å². The summed E-state index contributed by atoms with van der Waals surface area (Å²) in [5.41, 5.74) is 1.35. The van der Waals surface area contributed by atoms with E-state index in [0.29, 0.717) is 29.2 Å². The van der Waals surface area contributed by atoms with Crippen LogP contribution >= 0.6 is 0 Å². The molecule has 158 valence electrons. The van der Waals surface area contributed by atoms with Crippen LogP contribution in [0.3, 0.4) is 0 Å². The van der Waals surface area contributed by atoms with E-state index in [-0.39, 0.29) is 17.0 Å². The van der Waals surface area contributed by atoms with Gasteiger partial charge in [-0.1, -0.05) is 6.07 Å². The van der Waals surface area contributed by atoms with E-state index in [2.05, 4.69) is 5.32 Å². The van der Waals surface area contributed by atoms with Gasteiger partial charge in [0.2, 0.25) is 5.43 Å². The summed E-state index contributed by atoms with van der Waals surface area (Å²) in [4.78, 5) is 26.0. The monoisotopic (exact) mass is 410 g/mol. The number of amides is 1. The molecule has 3 aromatic rings. The molecule has 1 aromatic heterocycles. The van der Waals surface area contributed by atoms with Gasteiger partial charge in [-0.2, -0.15) is 0 Å². The van der Waals surface area contributed by atoms with Gasteiger partial charge in [-0.3, -0.25) is 9.59 Å². The molecule has 2 aromatic carbocycles. The number of methoxy groups -OCH3 is 3. The van der Waals surface area contributed by atoms with Gasteiger partial charge >= 0.3 is 0 Å². The third-order valence-corrected chi connectivity index (χ3v) is 5.13. The average Bonchev–Trinajstić information content (AvgIpc) is 2.78. The summed E-state index contributed by atoms with van der Waals surface area (Å²) < 4.78 is 17.7. The van der Waals surface area contributed by atoms with Gasteiger partial charge in [0, 0.05) is 12.7 Å². The molecule has 3 rings (SSSR count). The Morgan fingerprint density at radius 1 is 1.03 bits per heavy atom. The number of ether oxygens (including phenoxy) is 3. The second-order valence-corrected chi connectivity index (χ2v) is 6.85. The molecule has 7 nitrogen and oxygen atoms in total. The normalized spacial score (nSPS) is 11.8. The quantitative estimate of drug-likeness (QED) is 0.645. The van der Waals surface area contributed by atoms with Crippen molar-refractivity contribution in [2.75, 3.05) is 21.3 Å². The Balaban J connectivity index is 1.96. The molecule has 30 heavy (non-hydrogen) atoms. The lowest BCUT2D eigenvalue weighted by atomic mass is 10.1. The Bertz CT molecular complexity index is 1140. The summed E-state index contributed by atoms with van der Waals surface area (Å²) in [7, 11) is 4.67. The van der Waals surface area contributed by atoms with E-state index in [1.54, 1.807) is 51.8 Å². The average molecular weight is 410 g/mol. The predicted molar refractivity (Wildman–Crippen MR) is 116 cm³/mol. The molecule has 0 aliphatic rings. The molecule has 0 saturated heterocycles. The Kier molecular flexibility index (Phi) is 6.30. The SMILES string of the molecule is CCn1cc(C(=O)NC(C)c2ccc(OC)c(OC)c2)c(=O)c2cc(OC)ccc21. The van der Waals surface area contributed by atoms with Crippen LogP contribution in [-0.4, -0.2) is 31.8 Å². The second kappa shape index (κ2) is 8.90. The molecule has 0 aliphatic heterocycles. The highest BCUT2D eigenvalue weighted by molar-refractivity contribution is 5.97. The van der Waals surface area contributed by atoms with Gasteiger partial charge < -0.3 is 24.1 Å². The van der Waals surface area contributed by atoms with Gasteiger partial charge in [-0.25, -0.2) is 0 Å². The molecular weight excluding hydrogens is 384 g/mol. The minimum absolute atomic E-state index is 0.0879. The number of aromatic nitrogens is 1. The minimum atomic E-state index is -0.436. The first-order valence-corrected chi connectivity index (χ1v) is 9.67. The maximum atomic E-state index is 13.0. The molecule has 0 fully saturated rings. The lowest BCUT2D eigenvalue weighted by Crippen LogP contribution is -2.31. The third kappa shape index (κ3) is 3.96. The van der Waals surface area contributed by atoms with Crippen molar-refractivity contribution >= 4 is 16.8 Å². The number of carbonyl (C=O) groups excluding carboxylic acids is 1. The van der Waals surface area contributed by atoms with Crippen LogP contribution in [-0.2, 0) is 6.54 Å². The fourth-order valence-corrected chi connectivity index (χ4v) is 3.41. The standard InChI is InChI=1S/C23H26N2O5/c1-6-25-13-18(22(26)17-12-16(28-3)8-9-19(17)25)23(27)24-14(2)15-7-10-20(29-4)21(11-15)30-5/h7-14H,6H2,1-5H3,(H,24,27). The summed E-state index contributed by atoms with van der Waals surface area (Å²) in [6, 6.07) is 10.4. The lowest BCUT2D eigenvalue weighted by Gasteiger charge is -2.17. The molecule has 0 radical (unpaired) electrons. The number of rotatable bonds is 7. The zero-order valence-electron chi connectivity index (χ0n) is 17.8. The minimum Gasteiger partial charge on any atom is -0.497 e. The summed E-state index contributed by atoms with van der Waals surface area (Å²) in [5, 5.41) is 3.35. The molecule has 1 N–H and O–H groups in total. The van der Waals surface area contributed by atoms with Crippen LogP contribution in [0, 0.1) is 0 Å². The van der Waals surface area contributed by atoms with Gasteiger partial charge in [0.1, 0.15) is 11.3 Å². The van der Waals surface area contributed by atoms with Crippen LogP contribution in [0.15, 0.2) is 47.4 Å². The molecule has 0 spiro atoms. The first-order chi connectivity index (χ1) is 14.4. The second-order valence-electron chi connectivity index (χ2n) is 6.85. The van der Waals surface area contributed by atoms with Crippen molar-refractivity contribution in [3.63, 3.8) is 0 Å². The maximum absolute atomic E-state index is 13.0. The van der Waals surface area contributed by atoms with Crippen molar-refractivity contribution < 1.29 is 19.0 Å². The lowest BCUT2D eigenvalue weighted by molar-refractivity contribution is 0.0938. The highest BCUT2D eigenvalue weighted by atomic mass is 16.5. The molecule has 1 amide bonds. The number of hydrogen-bond acceptors (Lipinski definition) is 5. The molecule has 1 atom stereocenters. The van der Waals surface area contributed by atoms with Gasteiger partial charge in [0.25, 0.3) is 5.91 Å². The number of carbonyl (C=O) groups is 1. The topological polar surface area (TPSA) is 78.8 Å². The first kappa shape index (κ1) is 21.2. The van der Waals surface area contributed by atoms with E-state index in [1.807, 2.05) is 30.5 Å². The zero-order valence-corrected chi connectivity index (χ0v) is 17.8. The van der Waals surface area contributed by atoms with Crippen LogP contribution in [0.5, 0.6) is 17.2 Å². The van der Waals surface area contributed by atoms with Crippen LogP contribution in [0.1, 0.15) is 35.8 Å². The third-order valence-electron chi connectivity index (χ3n) is 5.13. The van der Waals surface area contributed by atoms with Gasteiger partial charge in [-0.05, 0) is 49.7 Å². The van der Waals surface area contributed by atoms with Crippen molar-refractivity contribution in [3.8, 4) is 17.2 Å². The summed E-state index contributed by atoms with van der Waals surface area (Å²) in [6.45, 7) is 4.43. The number of hydrogen-bond donors (Lipinski definition) is 1. The van der Waals surface area contributed by atoms with Crippen LogP contribution in [0.25, 0.3) is 10.9 Å². The highest BCUT2D eigenvalue weighted by Gasteiger charge is 2.19. The van der Waals surface area contributed by atoms with Crippen molar-refractivity contribution in [2.24, 2.45) is 0 Å². The number of pyridine rings is 1. The van der Waals surface area contributed by atoms with E-state index < -0.39 is 5.91 Å². The van der Waals surface area contributed by atoms with E-state index in [1.165, 1.54) is 0 Å². The fourth-order valence-electron chi connectivity index (χ4n) is 3.41. The summed E-state index contributed by atoms with van der Waals surface area (Å²) in [6.07, 6.45) is 1.60. The highest BCUT2D eigenvalue weighted by Crippen LogP contribution is 2.30. The molecular formula is C23H26N2O5. The van der Waals surface area contributed by atoms with Crippen LogP contribution in [0.4, 0.5) is 0 Å². The number of aryl methyl sites for hydroxylation is 1. The smallest absolute Gasteiger partial charge is 0.257 e. The zero-order chi connectivity index (χ0) is 21.8. The summed E-state index contributed by atoms with van der Waals surface area (Å²) in [5.74, 6) is 1.31. The van der Waals surface area contributed by atoms with Crippen molar-refractivity contribution in [1.82, 2.24) is 9.88 Å². The molecule has 7 heteroatoms. The Labute approximate surface area is 175 Å². The molecule has 0 saturated carbocycles. The fraction of sp³-hybridized carbons (Fsp3) is 0.304. The van der Waals surface area contributed by atoms with Crippen molar-refractivity contribution in [2.45, 2.75) is 26.4 Å². The molecule has 1 unspecified atom stereocenters.